The molecule has 0 radical (unpaired) electrons. The summed E-state index contributed by atoms with van der Waals surface area (Å²) in [6.07, 6.45) is 0. The highest BCUT2D eigenvalue weighted by Crippen LogP contribution is 2.26. The van der Waals surface area contributed by atoms with E-state index >= 15 is 0 Å². The maximum atomic E-state index is 13.6. The first-order valence-corrected chi connectivity index (χ1v) is 6.37. The lowest BCUT2D eigenvalue weighted by Crippen LogP contribution is -2.05. The number of carboxylic acid groups (broad SMARTS) is 1. The van der Waals surface area contributed by atoms with Crippen molar-refractivity contribution in [3.05, 3.63) is 51.1 Å². The molecule has 20 heavy (non-hydrogen) atoms. The first-order chi connectivity index (χ1) is 9.38. The van der Waals surface area contributed by atoms with E-state index < -0.39 is 17.6 Å². The van der Waals surface area contributed by atoms with Crippen LogP contribution in [0, 0.1) is 11.6 Å². The predicted molar refractivity (Wildman–Crippen MR) is 73.5 cm³/mol. The minimum Gasteiger partial charge on any atom is -0.476 e. The third kappa shape index (κ3) is 3.05. The third-order valence-electron chi connectivity index (χ3n) is 2.32. The number of halogens is 4. The zero-order valence-electron chi connectivity index (χ0n) is 9.62. The summed E-state index contributed by atoms with van der Waals surface area (Å²) in [4.78, 5) is 14.6. The summed E-state index contributed by atoms with van der Waals surface area (Å²) in [5, 5.41) is 11.3. The number of benzene rings is 1. The molecule has 0 spiro atoms. The van der Waals surface area contributed by atoms with Crippen LogP contribution in [0.4, 0.5) is 20.3 Å². The molecule has 0 aliphatic carbocycles. The van der Waals surface area contributed by atoms with Crippen LogP contribution in [0.25, 0.3) is 0 Å². The number of rotatable bonds is 3. The van der Waals surface area contributed by atoms with E-state index in [1.807, 2.05) is 0 Å². The SMILES string of the molecule is O=C(O)c1nc(Nc2cc(F)c(Br)cc2F)ccc1Cl. The fourth-order valence-electron chi connectivity index (χ4n) is 1.42. The molecule has 8 heteroatoms. The molecule has 2 N–H and O–H groups in total. The number of carboxylic acids is 1. The van der Waals surface area contributed by atoms with Crippen molar-refractivity contribution >= 4 is 45.0 Å². The number of carbonyl (C=O) groups is 1. The molecule has 1 aromatic carbocycles. The molecule has 0 saturated carbocycles. The van der Waals surface area contributed by atoms with Gasteiger partial charge in [-0.05, 0) is 34.1 Å². The Balaban J connectivity index is 2.38. The predicted octanol–water partition coefficient (Wildman–Crippen LogP) is 4.22. The molecule has 1 heterocycles. The molecule has 0 saturated heterocycles. The normalized spacial score (nSPS) is 10.4. The number of aromatic carboxylic acids is 1. The van der Waals surface area contributed by atoms with E-state index in [1.54, 1.807) is 0 Å². The quantitative estimate of drug-likeness (QED) is 0.802. The first kappa shape index (κ1) is 14.7. The summed E-state index contributed by atoms with van der Waals surface area (Å²) in [6.45, 7) is 0. The van der Waals surface area contributed by atoms with Crippen LogP contribution in [0.5, 0.6) is 0 Å². The second-order valence-corrected chi connectivity index (χ2v) is 4.96. The number of anilines is 2. The van der Waals surface area contributed by atoms with Crippen molar-refractivity contribution in [2.24, 2.45) is 0 Å². The Hall–Kier alpha value is -1.73. The highest BCUT2D eigenvalue weighted by molar-refractivity contribution is 9.10. The van der Waals surface area contributed by atoms with Crippen LogP contribution in [0.2, 0.25) is 5.02 Å². The topological polar surface area (TPSA) is 62.2 Å². The standard InChI is InChI=1S/C12H6BrClF2N2O2/c13-5-3-8(16)9(4-7(5)15)17-10-2-1-6(14)11(18-10)12(19)20/h1-4H,(H,17,18)(H,19,20). The molecule has 2 rings (SSSR count). The molecule has 0 atom stereocenters. The highest BCUT2D eigenvalue weighted by Gasteiger charge is 2.13. The summed E-state index contributed by atoms with van der Waals surface area (Å²) in [6, 6.07) is 4.53. The number of nitrogens with zero attached hydrogens (tertiary/aromatic N) is 1. The van der Waals surface area contributed by atoms with Crippen molar-refractivity contribution in [3.63, 3.8) is 0 Å². The van der Waals surface area contributed by atoms with Gasteiger partial charge in [0.1, 0.15) is 17.5 Å². The van der Waals surface area contributed by atoms with Gasteiger partial charge in [-0.2, -0.15) is 0 Å². The maximum absolute atomic E-state index is 13.6. The Morgan fingerprint density at radius 2 is 2.00 bits per heavy atom. The second-order valence-electron chi connectivity index (χ2n) is 3.70. The highest BCUT2D eigenvalue weighted by atomic mass is 79.9. The summed E-state index contributed by atoms with van der Waals surface area (Å²) >= 11 is 8.51. The first-order valence-electron chi connectivity index (χ1n) is 5.20. The van der Waals surface area contributed by atoms with E-state index in [2.05, 4.69) is 26.2 Å². The summed E-state index contributed by atoms with van der Waals surface area (Å²) in [5.41, 5.74) is -0.550. The molecular weight excluding hydrogens is 357 g/mol. The molecule has 0 aliphatic rings. The zero-order valence-corrected chi connectivity index (χ0v) is 12.0. The molecular formula is C12H6BrClF2N2O2. The van der Waals surface area contributed by atoms with Crippen molar-refractivity contribution in [1.29, 1.82) is 0 Å². The van der Waals surface area contributed by atoms with E-state index in [0.29, 0.717) is 0 Å². The van der Waals surface area contributed by atoms with Gasteiger partial charge in [0.05, 0.1) is 15.2 Å². The van der Waals surface area contributed by atoms with Crippen LogP contribution in [-0.2, 0) is 0 Å². The Bertz CT molecular complexity index is 697. The van der Waals surface area contributed by atoms with Gasteiger partial charge in [0.25, 0.3) is 0 Å². The van der Waals surface area contributed by atoms with Gasteiger partial charge in [-0.3, -0.25) is 0 Å². The average molecular weight is 364 g/mol. The molecule has 0 fully saturated rings. The molecule has 2 aromatic rings. The van der Waals surface area contributed by atoms with E-state index in [9.17, 15) is 13.6 Å². The number of aromatic nitrogens is 1. The number of hydrogen-bond acceptors (Lipinski definition) is 3. The third-order valence-corrected chi connectivity index (χ3v) is 3.23. The molecule has 0 bridgehead atoms. The monoisotopic (exact) mass is 362 g/mol. The van der Waals surface area contributed by atoms with Crippen LogP contribution in [0.1, 0.15) is 10.5 Å². The van der Waals surface area contributed by atoms with Crippen LogP contribution in [0.15, 0.2) is 28.7 Å². The van der Waals surface area contributed by atoms with Crippen molar-refractivity contribution < 1.29 is 18.7 Å². The van der Waals surface area contributed by atoms with Gasteiger partial charge in [-0.25, -0.2) is 18.6 Å². The summed E-state index contributed by atoms with van der Waals surface area (Å²) < 4.78 is 27.0. The van der Waals surface area contributed by atoms with Crippen molar-refractivity contribution in [2.75, 3.05) is 5.32 Å². The molecule has 104 valence electrons. The number of nitrogens with one attached hydrogen (secondary N) is 1. The van der Waals surface area contributed by atoms with Crippen LogP contribution in [-0.4, -0.2) is 16.1 Å². The fourth-order valence-corrected chi connectivity index (χ4v) is 1.92. The van der Waals surface area contributed by atoms with Crippen LogP contribution in [0.3, 0.4) is 0 Å². The fraction of sp³-hybridized carbons (Fsp3) is 0. The molecule has 0 amide bonds. The van der Waals surface area contributed by atoms with Gasteiger partial charge in [-0.15, -0.1) is 0 Å². The largest absolute Gasteiger partial charge is 0.476 e. The summed E-state index contributed by atoms with van der Waals surface area (Å²) in [5.74, 6) is -2.67. The molecule has 1 aromatic heterocycles. The lowest BCUT2D eigenvalue weighted by atomic mass is 10.3. The lowest BCUT2D eigenvalue weighted by Gasteiger charge is -2.09. The van der Waals surface area contributed by atoms with Gasteiger partial charge in [-0.1, -0.05) is 11.6 Å². The van der Waals surface area contributed by atoms with E-state index in [4.69, 9.17) is 16.7 Å². The average Bonchev–Trinajstić information content (AvgIpc) is 2.37. The number of hydrogen-bond donors (Lipinski definition) is 2. The van der Waals surface area contributed by atoms with Crippen LogP contribution >= 0.6 is 27.5 Å². The molecule has 0 aliphatic heterocycles. The Morgan fingerprint density at radius 3 is 2.65 bits per heavy atom. The summed E-state index contributed by atoms with van der Waals surface area (Å²) in [7, 11) is 0. The van der Waals surface area contributed by atoms with Crippen molar-refractivity contribution in [1.82, 2.24) is 4.98 Å². The van der Waals surface area contributed by atoms with Gasteiger partial charge in [0.15, 0.2) is 5.69 Å². The second kappa shape index (κ2) is 5.72. The van der Waals surface area contributed by atoms with Crippen molar-refractivity contribution in [2.45, 2.75) is 0 Å². The molecule has 0 unspecified atom stereocenters. The van der Waals surface area contributed by atoms with E-state index in [0.717, 1.165) is 12.1 Å². The molecule has 4 nitrogen and oxygen atoms in total. The van der Waals surface area contributed by atoms with Gasteiger partial charge >= 0.3 is 5.97 Å². The smallest absolute Gasteiger partial charge is 0.356 e. The van der Waals surface area contributed by atoms with Crippen LogP contribution < -0.4 is 5.32 Å². The van der Waals surface area contributed by atoms with Gasteiger partial charge < -0.3 is 10.4 Å². The van der Waals surface area contributed by atoms with E-state index in [-0.39, 0.29) is 26.7 Å². The maximum Gasteiger partial charge on any atom is 0.356 e. The van der Waals surface area contributed by atoms with Crippen molar-refractivity contribution in [3.8, 4) is 0 Å². The van der Waals surface area contributed by atoms with Gasteiger partial charge in [0.2, 0.25) is 0 Å². The minimum absolute atomic E-state index is 0.0177. The van der Waals surface area contributed by atoms with E-state index in [1.165, 1.54) is 12.1 Å². The minimum atomic E-state index is -1.32. The lowest BCUT2D eigenvalue weighted by molar-refractivity contribution is 0.0691. The number of pyridine rings is 1. The Morgan fingerprint density at radius 1 is 1.30 bits per heavy atom. The van der Waals surface area contributed by atoms with Gasteiger partial charge in [0, 0.05) is 6.07 Å². The Kier molecular flexibility index (Phi) is 4.20. The zero-order chi connectivity index (χ0) is 14.9. The Labute approximate surface area is 125 Å².